The number of hydrogen-bond donors (Lipinski definition) is 3. The van der Waals surface area contributed by atoms with Crippen LogP contribution < -0.4 is 10.5 Å². The number of fused-ring (bicyclic) bond motifs is 1. The number of nitrogens with one attached hydrogen (secondary N) is 1. The fourth-order valence-electron chi connectivity index (χ4n) is 2.03. The van der Waals surface area contributed by atoms with Crippen molar-refractivity contribution in [2.24, 2.45) is 5.14 Å². The van der Waals surface area contributed by atoms with Gasteiger partial charge in [-0.05, 0) is 19.4 Å². The first-order valence-electron chi connectivity index (χ1n) is 5.43. The second-order valence-corrected chi connectivity index (χ2v) is 9.85. The van der Waals surface area contributed by atoms with E-state index in [4.69, 9.17) is 10.2 Å². The Morgan fingerprint density at radius 3 is 2.65 bits per heavy atom. The highest BCUT2D eigenvalue weighted by atomic mass is 32.3. The van der Waals surface area contributed by atoms with Crippen molar-refractivity contribution in [2.75, 3.05) is 0 Å². The van der Waals surface area contributed by atoms with Gasteiger partial charge in [0.1, 0.15) is 8.42 Å². The van der Waals surface area contributed by atoms with E-state index in [1.54, 1.807) is 0 Å². The van der Waals surface area contributed by atoms with Crippen LogP contribution in [0.3, 0.4) is 0 Å². The molecule has 0 fully saturated rings. The minimum Gasteiger partial charge on any atom is -0.465 e. The Bertz CT molecular complexity index is 764. The van der Waals surface area contributed by atoms with Crippen molar-refractivity contribution in [2.45, 2.75) is 33.1 Å². The highest BCUT2D eigenvalue weighted by Crippen LogP contribution is 2.42. The molecule has 1 aromatic heterocycles. The predicted molar refractivity (Wildman–Crippen MR) is 70.9 cm³/mol. The van der Waals surface area contributed by atoms with Gasteiger partial charge in [-0.2, -0.15) is 0 Å². The van der Waals surface area contributed by atoms with E-state index in [1.807, 2.05) is 0 Å². The summed E-state index contributed by atoms with van der Waals surface area (Å²) in [7, 11) is -7.70. The molecule has 2 heterocycles. The van der Waals surface area contributed by atoms with Gasteiger partial charge in [0.2, 0.25) is 10.0 Å². The zero-order chi connectivity index (χ0) is 15.3. The van der Waals surface area contributed by atoms with E-state index in [2.05, 4.69) is 5.32 Å². The molecule has 2 rings (SSSR count). The third-order valence-corrected chi connectivity index (χ3v) is 8.33. The van der Waals surface area contributed by atoms with Gasteiger partial charge in [-0.25, -0.2) is 26.8 Å². The van der Waals surface area contributed by atoms with Crippen LogP contribution in [0.25, 0.3) is 0 Å². The number of hydrogen-bond acceptors (Lipinski definition) is 6. The van der Waals surface area contributed by atoms with Crippen molar-refractivity contribution < 1.29 is 26.7 Å². The molecular formula is C9H12N2O6S3. The van der Waals surface area contributed by atoms with Gasteiger partial charge in [0.25, 0.3) is 0 Å². The van der Waals surface area contributed by atoms with Crippen molar-refractivity contribution in [3.05, 3.63) is 11.6 Å². The SMILES string of the molecule is C[C@H]1C[C@H](NC(=O)O)c2cc(S(N)(=O)=O)sc2S1(=O)=O. The highest BCUT2D eigenvalue weighted by molar-refractivity contribution is 7.95. The maximum atomic E-state index is 12.2. The maximum absolute atomic E-state index is 12.2. The van der Waals surface area contributed by atoms with Gasteiger partial charge in [0.15, 0.2) is 9.84 Å². The first-order valence-corrected chi connectivity index (χ1v) is 9.34. The molecule has 2 atom stereocenters. The van der Waals surface area contributed by atoms with Gasteiger partial charge >= 0.3 is 6.09 Å². The fourth-order valence-corrected chi connectivity index (χ4v) is 6.44. The Morgan fingerprint density at radius 2 is 2.15 bits per heavy atom. The van der Waals surface area contributed by atoms with E-state index in [1.165, 1.54) is 6.92 Å². The molecular weight excluding hydrogens is 328 g/mol. The molecule has 1 aliphatic rings. The average molecular weight is 340 g/mol. The summed E-state index contributed by atoms with van der Waals surface area (Å²) in [5.41, 5.74) is 0.138. The Labute approximate surface area is 119 Å². The molecule has 0 bridgehead atoms. The van der Waals surface area contributed by atoms with Crippen LogP contribution in [0.15, 0.2) is 14.5 Å². The molecule has 0 spiro atoms. The van der Waals surface area contributed by atoms with E-state index >= 15 is 0 Å². The molecule has 0 aliphatic carbocycles. The molecule has 112 valence electrons. The number of rotatable bonds is 2. The molecule has 1 aliphatic heterocycles. The highest BCUT2D eigenvalue weighted by Gasteiger charge is 2.40. The molecule has 0 radical (unpaired) electrons. The number of carbonyl (C=O) groups is 1. The summed E-state index contributed by atoms with van der Waals surface area (Å²) in [6, 6.07) is 0.354. The van der Waals surface area contributed by atoms with Crippen LogP contribution in [0.4, 0.5) is 4.79 Å². The third kappa shape index (κ3) is 2.53. The summed E-state index contributed by atoms with van der Waals surface area (Å²) in [5, 5.41) is 15.2. The number of thiophene rings is 1. The van der Waals surface area contributed by atoms with Crippen LogP contribution >= 0.6 is 11.3 Å². The second kappa shape index (κ2) is 4.69. The first kappa shape index (κ1) is 15.2. The standard InChI is InChI=1S/C9H12N2O6S3/c1-4-2-6(11-9(12)13)5-3-7(20(10,16)17)18-8(5)19(4,14)15/h3-4,6,11H,2H2,1H3,(H,12,13)(H2,10,16,17)/t4-,6-/m0/s1. The topological polar surface area (TPSA) is 144 Å². The maximum Gasteiger partial charge on any atom is 0.405 e. The molecule has 0 unspecified atom stereocenters. The zero-order valence-corrected chi connectivity index (χ0v) is 12.7. The molecule has 0 saturated carbocycles. The summed E-state index contributed by atoms with van der Waals surface area (Å²) in [6.45, 7) is 1.45. The lowest BCUT2D eigenvalue weighted by Crippen LogP contribution is -2.35. The molecule has 4 N–H and O–H groups in total. The van der Waals surface area contributed by atoms with Crippen molar-refractivity contribution in [3.63, 3.8) is 0 Å². The lowest BCUT2D eigenvalue weighted by molar-refractivity contribution is 0.188. The van der Waals surface area contributed by atoms with E-state index in [0.717, 1.165) is 6.07 Å². The van der Waals surface area contributed by atoms with Crippen LogP contribution in [0.1, 0.15) is 24.9 Å². The summed E-state index contributed by atoms with van der Waals surface area (Å²) in [5.74, 6) is 0. The average Bonchev–Trinajstić information content (AvgIpc) is 2.70. The lowest BCUT2D eigenvalue weighted by atomic mass is 10.1. The molecule has 1 amide bonds. The number of amides is 1. The molecule has 0 aromatic carbocycles. The van der Waals surface area contributed by atoms with Crippen LogP contribution in [0.2, 0.25) is 0 Å². The molecule has 0 saturated heterocycles. The quantitative estimate of drug-likeness (QED) is 0.705. The number of sulfone groups is 1. The van der Waals surface area contributed by atoms with Crippen molar-refractivity contribution in [1.82, 2.24) is 5.32 Å². The van der Waals surface area contributed by atoms with Gasteiger partial charge in [0, 0.05) is 5.56 Å². The van der Waals surface area contributed by atoms with Crippen molar-refractivity contribution in [1.29, 1.82) is 0 Å². The molecule has 1 aromatic rings. The van der Waals surface area contributed by atoms with Gasteiger partial charge in [-0.1, -0.05) is 0 Å². The Hall–Kier alpha value is -1.17. The second-order valence-electron chi connectivity index (χ2n) is 4.45. The lowest BCUT2D eigenvalue weighted by Gasteiger charge is -2.26. The van der Waals surface area contributed by atoms with Gasteiger partial charge in [0.05, 0.1) is 11.3 Å². The Kier molecular flexibility index (Phi) is 3.57. The normalized spacial score (nSPS) is 24.9. The van der Waals surface area contributed by atoms with Gasteiger partial charge < -0.3 is 10.4 Å². The molecule has 20 heavy (non-hydrogen) atoms. The minimum atomic E-state index is -4.04. The predicted octanol–water partition coefficient (Wildman–Crippen LogP) is 0.270. The largest absolute Gasteiger partial charge is 0.465 e. The van der Waals surface area contributed by atoms with E-state index in [9.17, 15) is 21.6 Å². The van der Waals surface area contributed by atoms with Crippen LogP contribution in [0.5, 0.6) is 0 Å². The van der Waals surface area contributed by atoms with Crippen LogP contribution in [0, 0.1) is 0 Å². The fraction of sp³-hybridized carbons (Fsp3) is 0.444. The molecule has 8 nitrogen and oxygen atoms in total. The Morgan fingerprint density at radius 1 is 1.55 bits per heavy atom. The summed E-state index contributed by atoms with van der Waals surface area (Å²) >= 11 is 0.550. The summed E-state index contributed by atoms with van der Waals surface area (Å²) < 4.78 is 46.6. The number of nitrogens with two attached hydrogens (primary N) is 1. The zero-order valence-electron chi connectivity index (χ0n) is 10.2. The minimum absolute atomic E-state index is 0.0441. The summed E-state index contributed by atoms with van der Waals surface area (Å²) in [6.07, 6.45) is -1.27. The van der Waals surface area contributed by atoms with Crippen molar-refractivity contribution >= 4 is 37.3 Å². The number of primary sulfonamides is 1. The number of carboxylic acid groups (broad SMARTS) is 1. The van der Waals surface area contributed by atoms with E-state index in [0.29, 0.717) is 11.3 Å². The van der Waals surface area contributed by atoms with Crippen LogP contribution in [-0.4, -0.2) is 33.3 Å². The van der Waals surface area contributed by atoms with Gasteiger partial charge in [-0.15, -0.1) is 11.3 Å². The van der Waals surface area contributed by atoms with Crippen LogP contribution in [-0.2, 0) is 19.9 Å². The smallest absolute Gasteiger partial charge is 0.405 e. The number of sulfonamides is 1. The van der Waals surface area contributed by atoms with E-state index < -0.39 is 37.2 Å². The van der Waals surface area contributed by atoms with Crippen molar-refractivity contribution in [3.8, 4) is 0 Å². The Balaban J connectivity index is 2.64. The van der Waals surface area contributed by atoms with Gasteiger partial charge in [-0.3, -0.25) is 0 Å². The first-order chi connectivity index (χ1) is 9.03. The summed E-state index contributed by atoms with van der Waals surface area (Å²) in [4.78, 5) is 10.7. The monoisotopic (exact) mass is 340 g/mol. The molecule has 11 heteroatoms. The third-order valence-electron chi connectivity index (χ3n) is 3.01. The van der Waals surface area contributed by atoms with E-state index in [-0.39, 0.29) is 20.4 Å².